The molecule has 2 aliphatic heterocycles. The van der Waals surface area contributed by atoms with Gasteiger partial charge in [0, 0.05) is 51.3 Å². The number of carbonyl (C=O) groups excluding carboxylic acids is 2. The summed E-state index contributed by atoms with van der Waals surface area (Å²) in [5.41, 5.74) is 2.17. The lowest BCUT2D eigenvalue weighted by atomic mass is 9.83. The van der Waals surface area contributed by atoms with Gasteiger partial charge in [-0.3, -0.25) is 14.3 Å². The average molecular weight is 355 g/mol. The monoisotopic (exact) mass is 355 g/mol. The molecule has 2 aromatic heterocycles. The highest BCUT2D eigenvalue weighted by Crippen LogP contribution is 2.32. The average Bonchev–Trinajstić information content (AvgIpc) is 3.29. The molecule has 2 aliphatic rings. The number of likely N-dealkylation sites (tertiary alicyclic amines) is 2. The minimum Gasteiger partial charge on any atom is -0.367 e. The highest BCUT2D eigenvalue weighted by molar-refractivity contribution is 5.95. The first-order valence-electron chi connectivity index (χ1n) is 9.28. The molecular formula is C19H25N5O2. The van der Waals surface area contributed by atoms with Gasteiger partial charge in [-0.1, -0.05) is 0 Å². The molecule has 0 radical (unpaired) electrons. The fourth-order valence-corrected chi connectivity index (χ4v) is 4.44. The van der Waals surface area contributed by atoms with Crippen molar-refractivity contribution in [2.45, 2.75) is 32.2 Å². The molecule has 0 aliphatic carbocycles. The molecule has 1 N–H and O–H groups in total. The zero-order valence-corrected chi connectivity index (χ0v) is 15.3. The molecule has 4 rings (SSSR count). The number of nitrogens with one attached hydrogen (secondary N) is 1. The first-order chi connectivity index (χ1) is 12.5. The number of hydrogen-bond acceptors (Lipinski definition) is 3. The van der Waals surface area contributed by atoms with E-state index < -0.39 is 0 Å². The van der Waals surface area contributed by atoms with E-state index in [1.807, 2.05) is 29.8 Å². The van der Waals surface area contributed by atoms with E-state index in [-0.39, 0.29) is 17.9 Å². The second kappa shape index (κ2) is 6.63. The van der Waals surface area contributed by atoms with Crippen LogP contribution in [0.4, 0.5) is 0 Å². The highest BCUT2D eigenvalue weighted by Gasteiger charge is 2.40. The molecule has 0 aromatic carbocycles. The van der Waals surface area contributed by atoms with Crippen LogP contribution in [0.15, 0.2) is 24.7 Å². The van der Waals surface area contributed by atoms with Crippen LogP contribution in [0.2, 0.25) is 0 Å². The maximum atomic E-state index is 12.9. The summed E-state index contributed by atoms with van der Waals surface area (Å²) < 4.78 is 1.69. The quantitative estimate of drug-likeness (QED) is 0.893. The van der Waals surface area contributed by atoms with E-state index in [9.17, 15) is 9.59 Å². The molecule has 0 bridgehead atoms. The first kappa shape index (κ1) is 16.9. The number of rotatable bonds is 2. The summed E-state index contributed by atoms with van der Waals surface area (Å²) in [6.45, 7) is 4.08. The van der Waals surface area contributed by atoms with Gasteiger partial charge in [0.25, 0.3) is 11.8 Å². The largest absolute Gasteiger partial charge is 0.367 e. The van der Waals surface area contributed by atoms with Gasteiger partial charge in [-0.05, 0) is 38.2 Å². The molecule has 2 unspecified atom stereocenters. The Balaban J connectivity index is 1.48. The fraction of sp³-hybridized carbons (Fsp3) is 0.526. The van der Waals surface area contributed by atoms with E-state index in [1.54, 1.807) is 23.3 Å². The molecule has 138 valence electrons. The van der Waals surface area contributed by atoms with Gasteiger partial charge in [0.05, 0.1) is 16.8 Å². The van der Waals surface area contributed by atoms with Gasteiger partial charge >= 0.3 is 0 Å². The normalized spacial score (nSPS) is 23.0. The van der Waals surface area contributed by atoms with Crippen LogP contribution in [0.3, 0.4) is 0 Å². The summed E-state index contributed by atoms with van der Waals surface area (Å²) in [7, 11) is 1.83. The highest BCUT2D eigenvalue weighted by atomic mass is 16.2. The molecule has 4 heterocycles. The van der Waals surface area contributed by atoms with Crippen molar-refractivity contribution in [2.24, 2.45) is 13.0 Å². The summed E-state index contributed by atoms with van der Waals surface area (Å²) in [5, 5.41) is 4.29. The number of H-pyrrole nitrogens is 1. The summed E-state index contributed by atoms with van der Waals surface area (Å²) in [5.74, 6) is 0.508. The van der Waals surface area contributed by atoms with Gasteiger partial charge < -0.3 is 14.8 Å². The standard InChI is InChI=1S/C19H25N5O2/c1-13-16(12-22(2)21-13)19(26)23-9-6-17-15(11-23)4-3-8-24(17)18(25)14-5-7-20-10-14/h5,7,10,12,15,17,20H,3-4,6,8-9,11H2,1-2H3. The van der Waals surface area contributed by atoms with E-state index in [2.05, 4.69) is 10.1 Å². The van der Waals surface area contributed by atoms with Crippen LogP contribution in [0.5, 0.6) is 0 Å². The lowest BCUT2D eigenvalue weighted by molar-refractivity contribution is 0.0197. The van der Waals surface area contributed by atoms with Crippen molar-refractivity contribution < 1.29 is 9.59 Å². The van der Waals surface area contributed by atoms with Crippen molar-refractivity contribution in [1.82, 2.24) is 24.6 Å². The Labute approximate surface area is 153 Å². The molecule has 7 heteroatoms. The van der Waals surface area contributed by atoms with E-state index >= 15 is 0 Å². The minimum absolute atomic E-state index is 0.0585. The van der Waals surface area contributed by atoms with Crippen molar-refractivity contribution in [2.75, 3.05) is 19.6 Å². The van der Waals surface area contributed by atoms with Crippen LogP contribution in [-0.4, -0.2) is 62.1 Å². The number of nitrogens with zero attached hydrogens (tertiary/aromatic N) is 4. The SMILES string of the molecule is Cc1nn(C)cc1C(=O)N1CCC2C(CCCN2C(=O)c2cc[nH]c2)C1. The first-order valence-corrected chi connectivity index (χ1v) is 9.28. The minimum atomic E-state index is 0.0585. The number of piperidine rings is 2. The van der Waals surface area contributed by atoms with Crippen LogP contribution in [0.1, 0.15) is 45.7 Å². The third kappa shape index (κ3) is 2.91. The zero-order valence-electron chi connectivity index (χ0n) is 15.3. The number of carbonyl (C=O) groups is 2. The van der Waals surface area contributed by atoms with E-state index in [4.69, 9.17) is 0 Å². The maximum absolute atomic E-state index is 12.9. The topological polar surface area (TPSA) is 74.2 Å². The van der Waals surface area contributed by atoms with Crippen LogP contribution in [-0.2, 0) is 7.05 Å². The van der Waals surface area contributed by atoms with Crippen molar-refractivity contribution in [3.63, 3.8) is 0 Å². The van der Waals surface area contributed by atoms with Gasteiger partial charge in [-0.25, -0.2) is 0 Å². The van der Waals surface area contributed by atoms with Gasteiger partial charge in [-0.15, -0.1) is 0 Å². The Bertz CT molecular complexity index is 810. The Morgan fingerprint density at radius 2 is 2.08 bits per heavy atom. The molecule has 2 atom stereocenters. The third-order valence-corrected chi connectivity index (χ3v) is 5.70. The van der Waals surface area contributed by atoms with E-state index in [1.165, 1.54) is 0 Å². The summed E-state index contributed by atoms with van der Waals surface area (Å²) >= 11 is 0. The number of fused-ring (bicyclic) bond motifs is 1. The number of hydrogen-bond donors (Lipinski definition) is 1. The molecule has 2 fully saturated rings. The Morgan fingerprint density at radius 1 is 1.23 bits per heavy atom. The van der Waals surface area contributed by atoms with Crippen LogP contribution in [0.25, 0.3) is 0 Å². The van der Waals surface area contributed by atoms with Crippen LogP contribution < -0.4 is 0 Å². The molecule has 2 saturated heterocycles. The fourth-order valence-electron chi connectivity index (χ4n) is 4.44. The lowest BCUT2D eigenvalue weighted by Gasteiger charge is -2.47. The number of aryl methyl sites for hydroxylation is 2. The summed E-state index contributed by atoms with van der Waals surface area (Å²) in [6.07, 6.45) is 8.24. The molecule has 0 spiro atoms. The van der Waals surface area contributed by atoms with Crippen molar-refractivity contribution >= 4 is 11.8 Å². The van der Waals surface area contributed by atoms with Crippen molar-refractivity contribution in [3.05, 3.63) is 41.5 Å². The Morgan fingerprint density at radius 3 is 2.77 bits per heavy atom. The third-order valence-electron chi connectivity index (χ3n) is 5.70. The molecule has 7 nitrogen and oxygen atoms in total. The van der Waals surface area contributed by atoms with Gasteiger partial charge in [-0.2, -0.15) is 5.10 Å². The number of amides is 2. The smallest absolute Gasteiger partial charge is 0.257 e. The van der Waals surface area contributed by atoms with Crippen molar-refractivity contribution in [3.8, 4) is 0 Å². The summed E-state index contributed by atoms with van der Waals surface area (Å²) in [6, 6.07) is 2.06. The summed E-state index contributed by atoms with van der Waals surface area (Å²) in [4.78, 5) is 32.6. The van der Waals surface area contributed by atoms with E-state index in [0.29, 0.717) is 18.0 Å². The molecule has 0 saturated carbocycles. The van der Waals surface area contributed by atoms with Gasteiger partial charge in [0.2, 0.25) is 0 Å². The molecule has 26 heavy (non-hydrogen) atoms. The number of aromatic amines is 1. The van der Waals surface area contributed by atoms with Crippen molar-refractivity contribution in [1.29, 1.82) is 0 Å². The Kier molecular flexibility index (Phi) is 4.30. The molecule has 2 amide bonds. The predicted octanol–water partition coefficient (Wildman–Crippen LogP) is 1.82. The second-order valence-electron chi connectivity index (χ2n) is 7.41. The van der Waals surface area contributed by atoms with Gasteiger partial charge in [0.15, 0.2) is 0 Å². The van der Waals surface area contributed by atoms with Crippen LogP contribution in [0, 0.1) is 12.8 Å². The second-order valence-corrected chi connectivity index (χ2v) is 7.41. The zero-order chi connectivity index (χ0) is 18.3. The number of aromatic nitrogens is 3. The predicted molar refractivity (Wildman–Crippen MR) is 96.8 cm³/mol. The Hall–Kier alpha value is -2.57. The molecular weight excluding hydrogens is 330 g/mol. The van der Waals surface area contributed by atoms with Gasteiger partial charge in [0.1, 0.15) is 0 Å². The molecule has 2 aromatic rings. The lowest BCUT2D eigenvalue weighted by Crippen LogP contribution is -2.56. The maximum Gasteiger partial charge on any atom is 0.257 e. The van der Waals surface area contributed by atoms with E-state index in [0.717, 1.165) is 43.6 Å². The van der Waals surface area contributed by atoms with Crippen LogP contribution >= 0.6 is 0 Å².